The van der Waals surface area contributed by atoms with Gasteiger partial charge >= 0.3 is 24.2 Å². The molecule has 4 rings (SSSR count). The highest BCUT2D eigenvalue weighted by atomic mass is 79.9. The number of benzene rings is 3. The standard InChI is InChI=1S/C29H18BrF12NO2/c30-21-11-16(26(33,28(37,38)39)29(40,41)42)10-20(27(34,35)36)19(21)12-23(44)18-2-1-3-22(24(18)32)43(13-14-4-5-14)25(45)15-6-8-17(31)9-7-15/h1-3,6-11,14H,4-5,12-13H2. The van der Waals surface area contributed by atoms with Gasteiger partial charge in [-0.05, 0) is 72.9 Å². The molecule has 0 bridgehead atoms. The third-order valence-electron chi connectivity index (χ3n) is 7.06. The summed E-state index contributed by atoms with van der Waals surface area (Å²) in [6, 6.07) is 6.43. The predicted molar refractivity (Wildman–Crippen MR) is 139 cm³/mol. The molecule has 3 nitrogen and oxygen atoms in total. The van der Waals surface area contributed by atoms with Gasteiger partial charge in [-0.3, -0.25) is 9.59 Å². The fraction of sp³-hybridized carbons (Fsp3) is 0.310. The molecule has 1 amide bonds. The van der Waals surface area contributed by atoms with Crippen LogP contribution in [0.2, 0.25) is 0 Å². The van der Waals surface area contributed by atoms with E-state index in [9.17, 15) is 57.9 Å². The number of ketones is 1. The highest BCUT2D eigenvalue weighted by Gasteiger charge is 2.73. The van der Waals surface area contributed by atoms with Gasteiger partial charge in [0.15, 0.2) is 11.6 Å². The smallest absolute Gasteiger partial charge is 0.305 e. The molecule has 0 N–H and O–H groups in total. The molecular weight excluding hydrogens is 702 g/mol. The third kappa shape index (κ3) is 6.84. The van der Waals surface area contributed by atoms with Crippen LogP contribution >= 0.6 is 15.9 Å². The quantitative estimate of drug-likeness (QED) is 0.172. The zero-order chi connectivity index (χ0) is 33.7. The number of hydrogen-bond acceptors (Lipinski definition) is 2. The summed E-state index contributed by atoms with van der Waals surface area (Å²) in [4.78, 5) is 27.3. The number of rotatable bonds is 8. The van der Waals surface area contributed by atoms with E-state index < -0.39 is 92.4 Å². The Bertz CT molecular complexity index is 1600. The Morgan fingerprint density at radius 3 is 1.91 bits per heavy atom. The zero-order valence-corrected chi connectivity index (χ0v) is 23.9. The van der Waals surface area contributed by atoms with E-state index in [1.807, 2.05) is 0 Å². The van der Waals surface area contributed by atoms with Crippen molar-refractivity contribution in [3.05, 3.63) is 98.5 Å². The first kappa shape index (κ1) is 34.3. The molecule has 16 heteroatoms. The summed E-state index contributed by atoms with van der Waals surface area (Å²) < 4.78 is 164. The number of anilines is 1. The summed E-state index contributed by atoms with van der Waals surface area (Å²) in [5.41, 5.74) is -13.4. The molecule has 1 aliphatic carbocycles. The summed E-state index contributed by atoms with van der Waals surface area (Å²) in [7, 11) is 0. The van der Waals surface area contributed by atoms with Crippen molar-refractivity contribution in [3.63, 3.8) is 0 Å². The molecule has 1 aliphatic rings. The largest absolute Gasteiger partial charge is 0.435 e. The topological polar surface area (TPSA) is 37.4 Å². The fourth-order valence-electron chi connectivity index (χ4n) is 4.55. The number of amides is 1. The molecule has 0 aromatic heterocycles. The third-order valence-corrected chi connectivity index (χ3v) is 7.77. The van der Waals surface area contributed by atoms with Crippen molar-refractivity contribution in [1.29, 1.82) is 0 Å². The summed E-state index contributed by atoms with van der Waals surface area (Å²) in [6.45, 7) is -0.0284. The van der Waals surface area contributed by atoms with Crippen LogP contribution in [0.1, 0.15) is 50.2 Å². The number of carbonyl (C=O) groups is 2. The summed E-state index contributed by atoms with van der Waals surface area (Å²) in [6.07, 6.45) is -19.2. The average Bonchev–Trinajstić information content (AvgIpc) is 3.75. The Morgan fingerprint density at radius 2 is 1.40 bits per heavy atom. The minimum absolute atomic E-state index is 0.0284. The van der Waals surface area contributed by atoms with E-state index in [1.54, 1.807) is 0 Å². The first-order valence-corrected chi connectivity index (χ1v) is 13.6. The molecule has 0 spiro atoms. The molecule has 0 radical (unpaired) electrons. The second-order valence-corrected chi connectivity index (χ2v) is 11.1. The van der Waals surface area contributed by atoms with Crippen LogP contribution < -0.4 is 4.90 Å². The van der Waals surface area contributed by atoms with Gasteiger partial charge in [0.2, 0.25) is 0 Å². The first-order chi connectivity index (χ1) is 20.7. The minimum atomic E-state index is -6.72. The van der Waals surface area contributed by atoms with Gasteiger partial charge in [-0.1, -0.05) is 22.0 Å². The molecule has 3 aromatic carbocycles. The number of alkyl halides is 10. The van der Waals surface area contributed by atoms with Gasteiger partial charge in [0.1, 0.15) is 5.82 Å². The van der Waals surface area contributed by atoms with E-state index in [2.05, 4.69) is 15.9 Å². The number of nitrogens with zero attached hydrogens (tertiary/aromatic N) is 1. The average molecular weight is 720 g/mol. The number of hydrogen-bond donors (Lipinski definition) is 0. The van der Waals surface area contributed by atoms with Crippen LogP contribution in [0.25, 0.3) is 0 Å². The van der Waals surface area contributed by atoms with E-state index in [0.717, 1.165) is 47.4 Å². The molecule has 0 saturated heterocycles. The van der Waals surface area contributed by atoms with E-state index in [-0.39, 0.29) is 24.1 Å². The van der Waals surface area contributed by atoms with Crippen LogP contribution in [0.3, 0.4) is 0 Å². The van der Waals surface area contributed by atoms with E-state index in [4.69, 9.17) is 0 Å². The van der Waals surface area contributed by atoms with Crippen LogP contribution in [-0.2, 0) is 18.3 Å². The highest BCUT2D eigenvalue weighted by molar-refractivity contribution is 9.10. The lowest BCUT2D eigenvalue weighted by Crippen LogP contribution is -2.50. The number of carbonyl (C=O) groups excluding carboxylic acids is 2. The van der Waals surface area contributed by atoms with E-state index in [1.165, 1.54) is 0 Å². The van der Waals surface area contributed by atoms with Gasteiger partial charge in [0.05, 0.1) is 16.8 Å². The second-order valence-electron chi connectivity index (χ2n) is 10.2. The molecular formula is C29H18BrF12NO2. The zero-order valence-electron chi connectivity index (χ0n) is 22.3. The summed E-state index contributed by atoms with van der Waals surface area (Å²) in [5, 5.41) is 0. The summed E-state index contributed by atoms with van der Waals surface area (Å²) >= 11 is 2.43. The fourth-order valence-corrected chi connectivity index (χ4v) is 5.15. The Kier molecular flexibility index (Phi) is 9.14. The molecule has 242 valence electrons. The van der Waals surface area contributed by atoms with Crippen LogP contribution in [0.5, 0.6) is 0 Å². The monoisotopic (exact) mass is 719 g/mol. The van der Waals surface area contributed by atoms with Gasteiger partial charge in [-0.15, -0.1) is 0 Å². The molecule has 0 atom stereocenters. The Morgan fingerprint density at radius 1 is 0.822 bits per heavy atom. The van der Waals surface area contributed by atoms with Crippen molar-refractivity contribution >= 4 is 33.3 Å². The highest BCUT2D eigenvalue weighted by Crippen LogP contribution is 2.54. The normalized spacial score (nSPS) is 14.4. The SMILES string of the molecule is O=C(Cc1c(Br)cc(C(F)(C(F)(F)F)C(F)(F)F)cc1C(F)(F)F)c1cccc(N(CC2CC2)C(=O)c2ccc(F)cc2)c1F. The van der Waals surface area contributed by atoms with Gasteiger partial charge < -0.3 is 4.90 Å². The van der Waals surface area contributed by atoms with Gasteiger partial charge in [0.25, 0.3) is 5.91 Å². The van der Waals surface area contributed by atoms with Crippen molar-refractivity contribution in [2.24, 2.45) is 5.92 Å². The minimum Gasteiger partial charge on any atom is -0.305 e. The molecule has 0 heterocycles. The van der Waals surface area contributed by atoms with Crippen LogP contribution in [0, 0.1) is 17.6 Å². The van der Waals surface area contributed by atoms with E-state index in [0.29, 0.717) is 12.8 Å². The van der Waals surface area contributed by atoms with Crippen molar-refractivity contribution in [3.8, 4) is 0 Å². The molecule has 1 saturated carbocycles. The number of Topliss-reactive ketones (excluding diaryl/α,β-unsaturated/α-hetero) is 1. The Hall–Kier alpha value is -3.56. The molecule has 0 unspecified atom stereocenters. The van der Waals surface area contributed by atoms with E-state index >= 15 is 4.39 Å². The molecule has 0 aliphatic heterocycles. The first-order valence-electron chi connectivity index (χ1n) is 12.8. The Balaban J connectivity index is 1.76. The Labute approximate surface area is 254 Å². The lowest BCUT2D eigenvalue weighted by atomic mass is 9.89. The van der Waals surface area contributed by atoms with Crippen LogP contribution in [0.4, 0.5) is 58.4 Å². The lowest BCUT2D eigenvalue weighted by molar-refractivity contribution is -0.348. The maximum absolute atomic E-state index is 15.8. The molecule has 1 fully saturated rings. The van der Waals surface area contributed by atoms with Gasteiger partial charge in [-0.25, -0.2) is 13.2 Å². The maximum Gasteiger partial charge on any atom is 0.435 e. The van der Waals surface area contributed by atoms with Crippen molar-refractivity contribution < 1.29 is 62.3 Å². The summed E-state index contributed by atoms with van der Waals surface area (Å²) in [5.74, 6) is -4.24. The predicted octanol–water partition coefficient (Wildman–Crippen LogP) is 9.52. The van der Waals surface area contributed by atoms with Gasteiger partial charge in [0, 0.05) is 28.6 Å². The molecule has 3 aromatic rings. The van der Waals surface area contributed by atoms with Crippen molar-refractivity contribution in [2.45, 2.75) is 43.5 Å². The van der Waals surface area contributed by atoms with Crippen LogP contribution in [-0.4, -0.2) is 30.6 Å². The van der Waals surface area contributed by atoms with Crippen LogP contribution in [0.15, 0.2) is 59.1 Å². The lowest BCUT2D eigenvalue weighted by Gasteiger charge is -2.31. The second kappa shape index (κ2) is 12.0. The maximum atomic E-state index is 15.8. The van der Waals surface area contributed by atoms with Crippen molar-refractivity contribution in [1.82, 2.24) is 0 Å². The molecule has 45 heavy (non-hydrogen) atoms. The number of halogens is 13. The van der Waals surface area contributed by atoms with Crippen molar-refractivity contribution in [2.75, 3.05) is 11.4 Å². The van der Waals surface area contributed by atoms with Gasteiger partial charge in [-0.2, -0.15) is 39.5 Å².